The highest BCUT2D eigenvalue weighted by atomic mass is 19.1. The molecule has 0 aliphatic carbocycles. The van der Waals surface area contributed by atoms with Gasteiger partial charge in [0.1, 0.15) is 35.9 Å². The van der Waals surface area contributed by atoms with Crippen molar-refractivity contribution in [1.29, 1.82) is 0 Å². The van der Waals surface area contributed by atoms with Crippen LogP contribution in [0.3, 0.4) is 0 Å². The molecule has 210 valence electrons. The number of halogens is 3. The molecular weight excluding hydrogens is 525 g/mol. The summed E-state index contributed by atoms with van der Waals surface area (Å²) in [6.07, 6.45) is 0.353. The predicted molar refractivity (Wildman–Crippen MR) is 143 cm³/mol. The summed E-state index contributed by atoms with van der Waals surface area (Å²) < 4.78 is 49.3. The molecule has 8 nitrogen and oxygen atoms in total. The van der Waals surface area contributed by atoms with Gasteiger partial charge < -0.3 is 15.2 Å². The van der Waals surface area contributed by atoms with E-state index in [1.54, 1.807) is 51.3 Å². The maximum Gasteiger partial charge on any atom is 0.408 e. The number of aryl methyl sites for hydroxylation is 2. The van der Waals surface area contributed by atoms with E-state index < -0.39 is 47.6 Å². The molecule has 0 fully saturated rings. The number of nitrogens with zero attached hydrogens (tertiary/aromatic N) is 3. The predicted octanol–water partition coefficient (Wildman–Crippen LogP) is 6.41. The number of rotatable bonds is 7. The molecule has 2 heterocycles. The Morgan fingerprint density at radius 2 is 1.70 bits per heavy atom. The summed E-state index contributed by atoms with van der Waals surface area (Å²) in [5.74, 6) is -2.24. The van der Waals surface area contributed by atoms with E-state index in [1.165, 1.54) is 18.2 Å². The average Bonchev–Trinajstić information content (AvgIpc) is 3.16. The number of fused-ring (bicyclic) bond motifs is 1. The van der Waals surface area contributed by atoms with Crippen LogP contribution in [-0.2, 0) is 11.4 Å². The summed E-state index contributed by atoms with van der Waals surface area (Å²) >= 11 is 0. The second kappa shape index (κ2) is 10.9. The Balaban J connectivity index is 1.74. The van der Waals surface area contributed by atoms with Gasteiger partial charge in [0.25, 0.3) is 5.91 Å². The number of carboxylic acid groups (broad SMARTS) is 1. The molecule has 0 saturated heterocycles. The van der Waals surface area contributed by atoms with Gasteiger partial charge in [-0.2, -0.15) is 0 Å². The third-order valence-corrected chi connectivity index (χ3v) is 6.29. The molecule has 40 heavy (non-hydrogen) atoms. The number of hydrogen-bond acceptors (Lipinski definition) is 4. The zero-order valence-electron chi connectivity index (χ0n) is 22.6. The van der Waals surface area contributed by atoms with E-state index in [9.17, 15) is 27.9 Å². The molecule has 1 atom stereocenters. The Kier molecular flexibility index (Phi) is 7.77. The third kappa shape index (κ3) is 5.73. The van der Waals surface area contributed by atoms with Crippen LogP contribution in [0.15, 0.2) is 54.7 Å². The molecule has 11 heteroatoms. The first-order valence-electron chi connectivity index (χ1n) is 12.4. The van der Waals surface area contributed by atoms with Gasteiger partial charge in [0, 0.05) is 11.7 Å². The fraction of sp³-hybridized carbons (Fsp3) is 0.276. The number of nitrogens with one attached hydrogen (secondary N) is 1. The highest BCUT2D eigenvalue weighted by Gasteiger charge is 2.39. The second-order valence-electron chi connectivity index (χ2n) is 10.4. The number of ether oxygens (including phenoxy) is 1. The van der Waals surface area contributed by atoms with Crippen molar-refractivity contribution in [3.8, 4) is 5.75 Å². The summed E-state index contributed by atoms with van der Waals surface area (Å²) in [5.41, 5.74) is 0.403. The van der Waals surface area contributed by atoms with Crippen LogP contribution in [-0.4, -0.2) is 36.9 Å². The lowest BCUT2D eigenvalue weighted by atomic mass is 9.97. The van der Waals surface area contributed by atoms with E-state index in [0.717, 1.165) is 29.2 Å². The largest absolute Gasteiger partial charge is 0.485 e. The number of anilines is 1. The van der Waals surface area contributed by atoms with Gasteiger partial charge in [-0.25, -0.2) is 22.9 Å². The van der Waals surface area contributed by atoms with Gasteiger partial charge in [-0.05, 0) is 76.1 Å². The molecule has 4 aromatic rings. The van der Waals surface area contributed by atoms with Crippen LogP contribution in [0.25, 0.3) is 5.65 Å². The number of pyridine rings is 1. The van der Waals surface area contributed by atoms with Gasteiger partial charge in [-0.1, -0.05) is 18.2 Å². The number of hydrogen-bond donors (Lipinski definition) is 2. The summed E-state index contributed by atoms with van der Waals surface area (Å²) in [6.45, 7) is 7.96. The number of imidazole rings is 1. The lowest BCUT2D eigenvalue weighted by Crippen LogP contribution is -2.50. The molecule has 0 aliphatic heterocycles. The van der Waals surface area contributed by atoms with Crippen molar-refractivity contribution in [3.05, 3.63) is 94.6 Å². The van der Waals surface area contributed by atoms with Crippen molar-refractivity contribution in [1.82, 2.24) is 14.3 Å². The zero-order valence-corrected chi connectivity index (χ0v) is 22.6. The Bertz CT molecular complexity index is 1560. The van der Waals surface area contributed by atoms with Crippen LogP contribution >= 0.6 is 0 Å². The van der Waals surface area contributed by atoms with Gasteiger partial charge in [0.05, 0.1) is 11.3 Å². The minimum Gasteiger partial charge on any atom is -0.485 e. The fourth-order valence-corrected chi connectivity index (χ4v) is 4.47. The van der Waals surface area contributed by atoms with E-state index >= 15 is 0 Å². The Hall–Kier alpha value is -4.54. The van der Waals surface area contributed by atoms with Gasteiger partial charge in [0.2, 0.25) is 0 Å². The molecule has 0 saturated carbocycles. The molecule has 0 spiro atoms. The first kappa shape index (κ1) is 28.5. The summed E-state index contributed by atoms with van der Waals surface area (Å²) in [6, 6.07) is 8.89. The lowest BCUT2D eigenvalue weighted by molar-refractivity contribution is -0.122. The molecule has 0 radical (unpaired) electrons. The quantitative estimate of drug-likeness (QED) is 0.275. The van der Waals surface area contributed by atoms with Crippen molar-refractivity contribution in [2.75, 3.05) is 5.32 Å². The van der Waals surface area contributed by atoms with E-state index in [2.05, 4.69) is 10.3 Å². The minimum absolute atomic E-state index is 0.225. The van der Waals surface area contributed by atoms with Crippen LogP contribution in [0.4, 0.5) is 23.8 Å². The van der Waals surface area contributed by atoms with Crippen LogP contribution in [0.5, 0.6) is 5.75 Å². The van der Waals surface area contributed by atoms with Gasteiger partial charge in [-0.15, -0.1) is 0 Å². The smallest absolute Gasteiger partial charge is 0.408 e. The van der Waals surface area contributed by atoms with E-state index in [4.69, 9.17) is 4.74 Å². The molecule has 2 N–H and O–H groups in total. The minimum atomic E-state index is -1.33. The Labute approximate surface area is 229 Å². The van der Waals surface area contributed by atoms with Crippen LogP contribution in [0.1, 0.15) is 49.2 Å². The Morgan fingerprint density at radius 1 is 1.07 bits per heavy atom. The van der Waals surface area contributed by atoms with E-state index in [1.807, 2.05) is 0 Å². The van der Waals surface area contributed by atoms with Crippen molar-refractivity contribution in [3.63, 3.8) is 0 Å². The molecular formula is C29H29F3N4O4. The molecule has 2 aromatic carbocycles. The fourth-order valence-electron chi connectivity index (χ4n) is 4.47. The van der Waals surface area contributed by atoms with Gasteiger partial charge >= 0.3 is 6.09 Å². The molecule has 2 amide bonds. The third-order valence-electron chi connectivity index (χ3n) is 6.29. The van der Waals surface area contributed by atoms with Gasteiger partial charge in [0.15, 0.2) is 11.4 Å². The van der Waals surface area contributed by atoms with Crippen molar-refractivity contribution >= 4 is 23.5 Å². The average molecular weight is 555 g/mol. The van der Waals surface area contributed by atoms with Crippen LogP contribution in [0, 0.1) is 31.3 Å². The van der Waals surface area contributed by atoms with Crippen LogP contribution < -0.4 is 10.1 Å². The molecule has 0 bridgehead atoms. The molecule has 0 aliphatic rings. The second-order valence-corrected chi connectivity index (χ2v) is 10.4. The van der Waals surface area contributed by atoms with Crippen LogP contribution in [0.2, 0.25) is 0 Å². The molecule has 2 aromatic heterocycles. The maximum absolute atomic E-state index is 14.1. The number of carbonyl (C=O) groups is 2. The van der Waals surface area contributed by atoms with E-state index in [-0.39, 0.29) is 28.3 Å². The normalized spacial score (nSPS) is 12.3. The van der Waals surface area contributed by atoms with E-state index in [0.29, 0.717) is 11.3 Å². The van der Waals surface area contributed by atoms with Crippen molar-refractivity contribution in [2.24, 2.45) is 0 Å². The SMILES string of the molecule is Cc1cc(OCc2c(F)cccc2F)c2nc(C)c(NC(=O)C(c3ccc(F)cc3)N(C(=O)O)C(C)(C)C)n2c1. The van der Waals surface area contributed by atoms with Crippen molar-refractivity contribution < 1.29 is 32.6 Å². The monoisotopic (exact) mass is 554 g/mol. The Morgan fingerprint density at radius 3 is 2.27 bits per heavy atom. The topological polar surface area (TPSA) is 96.2 Å². The summed E-state index contributed by atoms with van der Waals surface area (Å²) in [5, 5.41) is 12.8. The summed E-state index contributed by atoms with van der Waals surface area (Å²) in [4.78, 5) is 31.6. The van der Waals surface area contributed by atoms with Crippen molar-refractivity contribution in [2.45, 2.75) is 52.8 Å². The highest BCUT2D eigenvalue weighted by Crippen LogP contribution is 2.32. The molecule has 1 unspecified atom stereocenters. The summed E-state index contributed by atoms with van der Waals surface area (Å²) in [7, 11) is 0. The highest BCUT2D eigenvalue weighted by molar-refractivity contribution is 5.97. The lowest BCUT2D eigenvalue weighted by Gasteiger charge is -2.38. The molecule has 4 rings (SSSR count). The first-order chi connectivity index (χ1) is 18.8. The number of carbonyl (C=O) groups excluding carboxylic acids is 1. The first-order valence-corrected chi connectivity index (χ1v) is 12.4. The standard InChI is InChI=1S/C29H29F3N4O4/c1-16-13-23(40-15-20-21(31)7-6-8-22(20)32)26-33-17(2)25(35(26)14-16)34-27(37)24(18-9-11-19(30)12-10-18)36(28(38)39)29(3,4)5/h6-14,24H,15H2,1-5H3,(H,34,37)(H,38,39). The number of amides is 2. The number of benzene rings is 2. The number of aromatic nitrogens is 2. The maximum atomic E-state index is 14.1. The zero-order chi connectivity index (χ0) is 29.4. The van der Waals surface area contributed by atoms with Gasteiger partial charge in [-0.3, -0.25) is 14.1 Å².